The Bertz CT molecular complexity index is 2820. The summed E-state index contributed by atoms with van der Waals surface area (Å²) in [4.78, 5) is 27.0. The minimum absolute atomic E-state index is 0.0631. The van der Waals surface area contributed by atoms with Gasteiger partial charge in [0, 0.05) is 54.1 Å². The number of hydrogen-bond donors (Lipinski definition) is 0. The largest absolute Gasteiger partial charge is 0.240 e. The Labute approximate surface area is 333 Å². The molecule has 2 atom stereocenters. The minimum Gasteiger partial charge on any atom is -0.240 e. The Balaban J connectivity index is 1.06. The minimum atomic E-state index is -0.0733. The molecule has 2 unspecified atom stereocenters. The van der Waals surface area contributed by atoms with Crippen LogP contribution < -0.4 is 0 Å². The molecule has 10 rings (SSSR count). The first-order valence-corrected chi connectivity index (χ1v) is 20.3. The van der Waals surface area contributed by atoms with E-state index in [1.165, 1.54) is 20.7 Å². The van der Waals surface area contributed by atoms with E-state index in [9.17, 15) is 0 Å². The standard InChI is InChI=1S/C49H33N5S2/c1-4-14-32(15-5-1)30-50-48(51-41-31-55-42-24-11-10-20-37(41)42)40-23-12-21-38-44-39(22-13-25-43(44)56-45(38)40)49-53-46(35-18-8-3-9-19-35)52-47(54-49)36-28-26-34(27-29-36)33-16-6-2-7-17-33/h1-31,40,45H/b50-30+,51-48-. The lowest BCUT2D eigenvalue weighted by Crippen LogP contribution is -2.24. The van der Waals surface area contributed by atoms with Crippen molar-refractivity contribution in [2.45, 2.75) is 10.1 Å². The van der Waals surface area contributed by atoms with Gasteiger partial charge in [-0.1, -0.05) is 164 Å². The second-order valence-electron chi connectivity index (χ2n) is 13.6. The Hall–Kier alpha value is -6.54. The first kappa shape index (κ1) is 34.0. The van der Waals surface area contributed by atoms with Gasteiger partial charge in [0.2, 0.25) is 0 Å². The number of hydrogen-bond acceptors (Lipinski definition) is 6. The highest BCUT2D eigenvalue weighted by atomic mass is 32.2. The normalized spacial score (nSPS) is 16.2. The molecule has 7 heteroatoms. The number of fused-ring (bicyclic) bond motifs is 4. The molecule has 56 heavy (non-hydrogen) atoms. The molecule has 0 amide bonds. The summed E-state index contributed by atoms with van der Waals surface area (Å²) in [5.74, 6) is 2.62. The number of nitrogens with zero attached hydrogens (tertiary/aromatic N) is 5. The molecule has 2 aliphatic rings. The molecule has 0 radical (unpaired) electrons. The summed E-state index contributed by atoms with van der Waals surface area (Å²) in [6, 6.07) is 54.2. The number of benzene rings is 6. The van der Waals surface area contributed by atoms with E-state index in [-0.39, 0.29) is 11.2 Å². The molecule has 5 nitrogen and oxygen atoms in total. The average molecular weight is 756 g/mol. The van der Waals surface area contributed by atoms with Gasteiger partial charge in [-0.15, -0.1) is 23.1 Å². The van der Waals surface area contributed by atoms with Crippen LogP contribution in [0.25, 0.3) is 60.9 Å². The topological polar surface area (TPSA) is 63.4 Å². The number of allylic oxidation sites excluding steroid dienone is 2. The zero-order valence-electron chi connectivity index (χ0n) is 30.1. The first-order valence-electron chi connectivity index (χ1n) is 18.6. The highest BCUT2D eigenvalue weighted by Gasteiger charge is 2.38. The van der Waals surface area contributed by atoms with Gasteiger partial charge in [-0.3, -0.25) is 0 Å². The van der Waals surface area contributed by atoms with Gasteiger partial charge >= 0.3 is 0 Å². The van der Waals surface area contributed by atoms with Crippen LogP contribution in [0.15, 0.2) is 196 Å². The fourth-order valence-electron chi connectivity index (χ4n) is 7.33. The predicted molar refractivity (Wildman–Crippen MR) is 235 cm³/mol. The highest BCUT2D eigenvalue weighted by molar-refractivity contribution is 8.01. The third kappa shape index (κ3) is 6.61. The second kappa shape index (κ2) is 14.9. The van der Waals surface area contributed by atoms with Gasteiger partial charge in [0.05, 0.1) is 11.6 Å². The summed E-state index contributed by atoms with van der Waals surface area (Å²) < 4.78 is 1.21. The number of thiophene rings is 1. The zero-order chi connectivity index (χ0) is 37.3. The van der Waals surface area contributed by atoms with E-state index in [1.807, 2.05) is 60.4 Å². The molecule has 6 aromatic carbocycles. The van der Waals surface area contributed by atoms with Crippen molar-refractivity contribution < 1.29 is 0 Å². The monoisotopic (exact) mass is 755 g/mol. The number of aliphatic imine (C=N–C) groups is 2. The van der Waals surface area contributed by atoms with Crippen molar-refractivity contribution in [2.75, 3.05) is 0 Å². The smallest absolute Gasteiger partial charge is 0.164 e. The Kier molecular flexibility index (Phi) is 9.07. The van der Waals surface area contributed by atoms with Crippen molar-refractivity contribution >= 4 is 56.5 Å². The number of amidine groups is 1. The zero-order valence-corrected chi connectivity index (χ0v) is 31.7. The molecule has 0 saturated heterocycles. The van der Waals surface area contributed by atoms with Crippen molar-refractivity contribution in [3.63, 3.8) is 0 Å². The van der Waals surface area contributed by atoms with E-state index in [1.54, 1.807) is 11.3 Å². The van der Waals surface area contributed by atoms with Crippen molar-refractivity contribution in [3.8, 4) is 45.3 Å². The molecule has 0 N–H and O–H groups in total. The SMILES string of the molecule is C1=CC(C(=N/c2csc3ccccc23)/N=C/c2ccccc2)C2Sc3cccc(-c4nc(-c5ccccc5)nc(-c5ccc(-c6ccccc6)cc5)n4)c3C2=C1. The van der Waals surface area contributed by atoms with Gasteiger partial charge in [-0.2, -0.15) is 0 Å². The van der Waals surface area contributed by atoms with E-state index in [4.69, 9.17) is 24.9 Å². The summed E-state index contributed by atoms with van der Waals surface area (Å²) in [5, 5.41) is 3.34. The quantitative estimate of drug-likeness (QED) is 0.120. The fraction of sp³-hybridized carbons (Fsp3) is 0.0408. The van der Waals surface area contributed by atoms with Gasteiger partial charge < -0.3 is 0 Å². The lowest BCUT2D eigenvalue weighted by Gasteiger charge is -2.24. The van der Waals surface area contributed by atoms with E-state index < -0.39 is 0 Å². The van der Waals surface area contributed by atoms with E-state index in [2.05, 4.69) is 139 Å². The fourth-order valence-corrected chi connectivity index (χ4v) is 9.66. The molecule has 8 aromatic rings. The first-order chi connectivity index (χ1) is 27.7. The molecule has 266 valence electrons. The van der Waals surface area contributed by atoms with Crippen LogP contribution in [0.4, 0.5) is 5.69 Å². The molecule has 0 bridgehead atoms. The molecule has 1 aliphatic heterocycles. The number of aromatic nitrogens is 3. The van der Waals surface area contributed by atoms with Crippen LogP contribution in [0.5, 0.6) is 0 Å². The van der Waals surface area contributed by atoms with Gasteiger partial charge in [-0.05, 0) is 34.4 Å². The lowest BCUT2D eigenvalue weighted by atomic mass is 9.86. The summed E-state index contributed by atoms with van der Waals surface area (Å²) in [6.07, 6.45) is 8.58. The molecule has 0 fully saturated rings. The van der Waals surface area contributed by atoms with Crippen molar-refractivity contribution in [1.82, 2.24) is 15.0 Å². The van der Waals surface area contributed by atoms with Crippen molar-refractivity contribution in [2.24, 2.45) is 15.9 Å². The van der Waals surface area contributed by atoms with Crippen LogP contribution in [-0.2, 0) is 0 Å². The third-order valence-electron chi connectivity index (χ3n) is 10.1. The Morgan fingerprint density at radius 1 is 0.589 bits per heavy atom. The van der Waals surface area contributed by atoms with Crippen molar-refractivity contribution in [1.29, 1.82) is 0 Å². The van der Waals surface area contributed by atoms with E-state index in [0.717, 1.165) is 50.3 Å². The van der Waals surface area contributed by atoms with Crippen LogP contribution >= 0.6 is 23.1 Å². The van der Waals surface area contributed by atoms with Crippen LogP contribution in [0.2, 0.25) is 0 Å². The van der Waals surface area contributed by atoms with Crippen LogP contribution in [-0.4, -0.2) is 32.3 Å². The summed E-state index contributed by atoms with van der Waals surface area (Å²) in [7, 11) is 0. The lowest BCUT2D eigenvalue weighted by molar-refractivity contribution is 0.899. The maximum absolute atomic E-state index is 5.31. The molecule has 1 aliphatic carbocycles. The number of thioether (sulfide) groups is 1. The van der Waals surface area contributed by atoms with Crippen LogP contribution in [0, 0.1) is 5.92 Å². The Morgan fingerprint density at radius 3 is 1.98 bits per heavy atom. The second-order valence-corrected chi connectivity index (χ2v) is 15.7. The van der Waals surface area contributed by atoms with Gasteiger partial charge in [0.25, 0.3) is 0 Å². The third-order valence-corrected chi connectivity index (χ3v) is 12.4. The van der Waals surface area contributed by atoms with Crippen LogP contribution in [0.1, 0.15) is 11.1 Å². The van der Waals surface area contributed by atoms with Crippen LogP contribution in [0.3, 0.4) is 0 Å². The van der Waals surface area contributed by atoms with E-state index >= 15 is 0 Å². The highest BCUT2D eigenvalue weighted by Crippen LogP contribution is 2.53. The molecule has 2 aromatic heterocycles. The van der Waals surface area contributed by atoms with Gasteiger partial charge in [0.15, 0.2) is 17.5 Å². The summed E-state index contributed by atoms with van der Waals surface area (Å²) >= 11 is 3.57. The number of rotatable bonds is 7. The van der Waals surface area contributed by atoms with Gasteiger partial charge in [0.1, 0.15) is 5.84 Å². The van der Waals surface area contributed by atoms with Crippen molar-refractivity contribution in [3.05, 3.63) is 192 Å². The summed E-state index contributed by atoms with van der Waals surface area (Å²) in [5.41, 5.74) is 9.52. The predicted octanol–water partition coefficient (Wildman–Crippen LogP) is 12.6. The molecule has 0 spiro atoms. The molecule has 3 heterocycles. The van der Waals surface area contributed by atoms with E-state index in [0.29, 0.717) is 17.5 Å². The van der Waals surface area contributed by atoms with Gasteiger partial charge in [-0.25, -0.2) is 24.9 Å². The maximum atomic E-state index is 5.31. The maximum Gasteiger partial charge on any atom is 0.164 e. The average Bonchev–Trinajstić information content (AvgIpc) is 3.87. The molecule has 0 saturated carbocycles. The summed E-state index contributed by atoms with van der Waals surface area (Å²) in [6.45, 7) is 0. The Morgan fingerprint density at radius 2 is 1.21 bits per heavy atom. The molecular formula is C49H33N5S2. The molecular weight excluding hydrogens is 723 g/mol.